The Kier molecular flexibility index (Phi) is 12.5. The van der Waals surface area contributed by atoms with Gasteiger partial charge in [0, 0.05) is 10.8 Å². The van der Waals surface area contributed by atoms with E-state index in [0.717, 1.165) is 26.7 Å². The molecule has 1 heterocycles. The highest BCUT2D eigenvalue weighted by molar-refractivity contribution is 8.01. The molecule has 0 amide bonds. The SMILES string of the molecule is CCOP(=O)(OCC)C(O)(CCCCCSc1nc2cc(Cl)ccc2s1)P(=O)(OCC)OCC. The van der Waals surface area contributed by atoms with Crippen LogP contribution >= 0.6 is 49.9 Å². The summed E-state index contributed by atoms with van der Waals surface area (Å²) in [5, 5.41) is 9.83. The Balaban J connectivity index is 2.04. The number of hydrogen-bond donors (Lipinski definition) is 1. The number of thiazole rings is 1. The molecule has 0 aliphatic carbocycles. The first-order valence-corrected chi connectivity index (χ1v) is 16.6. The van der Waals surface area contributed by atoms with Crippen molar-refractivity contribution >= 4 is 60.1 Å². The third-order valence-electron chi connectivity index (χ3n) is 4.79. The van der Waals surface area contributed by atoms with Crippen LogP contribution in [0.4, 0.5) is 0 Å². The Bertz CT molecular complexity index is 957. The minimum atomic E-state index is -4.23. The first-order chi connectivity index (χ1) is 16.2. The molecule has 0 fully saturated rings. The first kappa shape index (κ1) is 30.2. The summed E-state index contributed by atoms with van der Waals surface area (Å²) in [5.74, 6) is 0.815. The average Bonchev–Trinajstić information content (AvgIpc) is 3.18. The lowest BCUT2D eigenvalue weighted by atomic mass is 10.2. The third-order valence-corrected chi connectivity index (χ3v) is 13.3. The van der Waals surface area contributed by atoms with Crippen LogP contribution in [0.25, 0.3) is 10.2 Å². The monoisotopic (exact) mass is 573 g/mol. The van der Waals surface area contributed by atoms with E-state index in [2.05, 4.69) is 4.98 Å². The van der Waals surface area contributed by atoms with E-state index >= 15 is 0 Å². The van der Waals surface area contributed by atoms with Crippen molar-refractivity contribution in [3.8, 4) is 0 Å². The zero-order valence-corrected chi connectivity index (χ0v) is 24.2. The highest BCUT2D eigenvalue weighted by Crippen LogP contribution is 2.78. The summed E-state index contributed by atoms with van der Waals surface area (Å²) in [6.07, 6.45) is 1.84. The van der Waals surface area contributed by atoms with Crippen LogP contribution in [0.2, 0.25) is 5.02 Å². The number of aromatic nitrogens is 1. The van der Waals surface area contributed by atoms with Gasteiger partial charge in [0.1, 0.15) is 0 Å². The molecule has 34 heavy (non-hydrogen) atoms. The van der Waals surface area contributed by atoms with Crippen LogP contribution in [-0.2, 0) is 27.2 Å². The van der Waals surface area contributed by atoms with E-state index in [1.165, 1.54) is 0 Å². The second-order valence-electron chi connectivity index (χ2n) is 7.19. The van der Waals surface area contributed by atoms with Gasteiger partial charge in [-0.2, -0.15) is 0 Å². The van der Waals surface area contributed by atoms with Crippen molar-refractivity contribution < 1.29 is 32.3 Å². The standard InChI is InChI=1S/C21H34ClNO7P2S2/c1-5-27-31(25,28-6-2)21(24,32(26,29-7-3)30-8-4)14-10-9-11-15-33-20-23-18-16-17(22)12-13-19(18)34-20/h12-13,16,24H,5-11,14-15H2,1-4H3. The molecule has 13 heteroatoms. The quantitative estimate of drug-likeness (QED) is 0.115. The molecule has 1 aromatic carbocycles. The fourth-order valence-corrected chi connectivity index (χ4v) is 10.7. The summed E-state index contributed by atoms with van der Waals surface area (Å²) in [7, 11) is -8.46. The molecule has 0 spiro atoms. The van der Waals surface area contributed by atoms with E-state index in [1.54, 1.807) is 50.8 Å². The van der Waals surface area contributed by atoms with Crippen LogP contribution in [0.1, 0.15) is 53.4 Å². The second-order valence-corrected chi connectivity index (χ2v) is 14.9. The second kappa shape index (κ2) is 14.1. The molecule has 2 rings (SSSR count). The van der Waals surface area contributed by atoms with Crippen molar-refractivity contribution in [1.29, 1.82) is 0 Å². The molecule has 1 aromatic heterocycles. The van der Waals surface area contributed by atoms with E-state index < -0.39 is 20.3 Å². The maximum atomic E-state index is 13.6. The zero-order chi connectivity index (χ0) is 25.2. The predicted octanol–water partition coefficient (Wildman–Crippen LogP) is 7.78. The van der Waals surface area contributed by atoms with Crippen molar-refractivity contribution in [3.63, 3.8) is 0 Å². The number of aliphatic hydroxyl groups is 1. The van der Waals surface area contributed by atoms with Gasteiger partial charge < -0.3 is 23.2 Å². The highest BCUT2D eigenvalue weighted by atomic mass is 35.5. The van der Waals surface area contributed by atoms with E-state index in [1.807, 2.05) is 18.2 Å². The lowest BCUT2D eigenvalue weighted by Crippen LogP contribution is -2.33. The van der Waals surface area contributed by atoms with Crippen LogP contribution in [0.3, 0.4) is 0 Å². The van der Waals surface area contributed by atoms with Gasteiger partial charge in [-0.1, -0.05) is 29.8 Å². The smallest absolute Gasteiger partial charge is 0.368 e. The summed E-state index contributed by atoms with van der Waals surface area (Å²) < 4.78 is 50.8. The molecule has 0 radical (unpaired) electrons. The topological polar surface area (TPSA) is 104 Å². The molecule has 8 nitrogen and oxygen atoms in total. The Labute approximate surface area is 215 Å². The zero-order valence-electron chi connectivity index (χ0n) is 20.0. The van der Waals surface area contributed by atoms with Gasteiger partial charge in [0.15, 0.2) is 4.34 Å². The number of benzene rings is 1. The Morgan fingerprint density at radius 2 is 1.53 bits per heavy atom. The van der Waals surface area contributed by atoms with E-state index in [-0.39, 0.29) is 32.8 Å². The van der Waals surface area contributed by atoms with Crippen molar-refractivity contribution in [1.82, 2.24) is 4.98 Å². The largest absolute Gasteiger partial charge is 0.374 e. The van der Waals surface area contributed by atoms with Gasteiger partial charge in [-0.05, 0) is 65.2 Å². The maximum Gasteiger partial charge on any atom is 0.374 e. The van der Waals surface area contributed by atoms with Gasteiger partial charge in [-0.15, -0.1) is 11.3 Å². The molecule has 0 unspecified atom stereocenters. The van der Waals surface area contributed by atoms with Crippen molar-refractivity contribution in [3.05, 3.63) is 23.2 Å². The number of fused-ring (bicyclic) bond motifs is 1. The number of thioether (sulfide) groups is 1. The summed E-state index contributed by atoms with van der Waals surface area (Å²) in [4.78, 5) is 4.59. The van der Waals surface area contributed by atoms with Crippen molar-refractivity contribution in [2.75, 3.05) is 32.2 Å². The molecule has 0 aliphatic heterocycles. The molecular formula is C21H34ClNO7P2S2. The normalized spacial score (nSPS) is 13.1. The molecule has 0 bridgehead atoms. The molecule has 0 saturated carbocycles. The number of nitrogens with zero attached hydrogens (tertiary/aromatic N) is 1. The lowest BCUT2D eigenvalue weighted by Gasteiger charge is -2.38. The Hall–Kier alpha value is 0.01000. The number of halogens is 1. The molecule has 0 aliphatic rings. The van der Waals surface area contributed by atoms with Gasteiger partial charge in [0.25, 0.3) is 5.08 Å². The number of unbranched alkanes of at least 4 members (excludes halogenated alkanes) is 2. The van der Waals surface area contributed by atoms with Gasteiger partial charge in [0.05, 0.1) is 36.6 Å². The predicted molar refractivity (Wildman–Crippen MR) is 140 cm³/mol. The fraction of sp³-hybridized carbons (Fsp3) is 0.667. The van der Waals surface area contributed by atoms with E-state index in [4.69, 9.17) is 29.7 Å². The first-order valence-electron chi connectivity index (χ1n) is 11.4. The van der Waals surface area contributed by atoms with E-state index in [0.29, 0.717) is 17.9 Å². The maximum absolute atomic E-state index is 13.6. The third kappa shape index (κ3) is 7.28. The Morgan fingerprint density at radius 3 is 2.06 bits per heavy atom. The average molecular weight is 574 g/mol. The Morgan fingerprint density at radius 1 is 0.971 bits per heavy atom. The summed E-state index contributed by atoms with van der Waals surface area (Å²) in [6, 6.07) is 5.66. The molecule has 0 saturated heterocycles. The summed E-state index contributed by atoms with van der Waals surface area (Å²) in [6.45, 7) is 6.59. The van der Waals surface area contributed by atoms with Crippen LogP contribution in [0, 0.1) is 0 Å². The van der Waals surface area contributed by atoms with Crippen LogP contribution in [-0.4, -0.2) is 47.4 Å². The van der Waals surface area contributed by atoms with Gasteiger partial charge in [0.2, 0.25) is 0 Å². The molecular weight excluding hydrogens is 540 g/mol. The van der Waals surface area contributed by atoms with Gasteiger partial charge in [-0.25, -0.2) is 4.98 Å². The van der Waals surface area contributed by atoms with Crippen LogP contribution in [0.15, 0.2) is 22.5 Å². The van der Waals surface area contributed by atoms with Gasteiger partial charge >= 0.3 is 15.2 Å². The fourth-order valence-electron chi connectivity index (χ4n) is 3.33. The van der Waals surface area contributed by atoms with Crippen LogP contribution < -0.4 is 0 Å². The molecule has 0 atom stereocenters. The summed E-state index contributed by atoms with van der Waals surface area (Å²) >= 11 is 9.29. The van der Waals surface area contributed by atoms with Crippen LogP contribution in [0.5, 0.6) is 0 Å². The molecule has 1 N–H and O–H groups in total. The van der Waals surface area contributed by atoms with Gasteiger partial charge in [-0.3, -0.25) is 9.13 Å². The molecule has 194 valence electrons. The minimum absolute atomic E-state index is 0.0157. The highest BCUT2D eigenvalue weighted by Gasteiger charge is 2.64. The van der Waals surface area contributed by atoms with Crippen molar-refractivity contribution in [2.45, 2.75) is 62.8 Å². The number of rotatable bonds is 17. The summed E-state index contributed by atoms with van der Waals surface area (Å²) in [5.41, 5.74) is 0.885. The molecule has 2 aromatic rings. The minimum Gasteiger partial charge on any atom is -0.368 e. The van der Waals surface area contributed by atoms with Crippen molar-refractivity contribution in [2.24, 2.45) is 0 Å². The van der Waals surface area contributed by atoms with E-state index in [9.17, 15) is 14.2 Å². The number of hydrogen-bond acceptors (Lipinski definition) is 10. The lowest BCUT2D eigenvalue weighted by molar-refractivity contribution is 0.0759.